The lowest BCUT2D eigenvalue weighted by molar-refractivity contribution is 0.455. The van der Waals surface area contributed by atoms with E-state index in [0.717, 1.165) is 26.7 Å². The van der Waals surface area contributed by atoms with E-state index in [1.165, 1.54) is 11.1 Å². The topological polar surface area (TPSA) is 29.5 Å². The van der Waals surface area contributed by atoms with E-state index in [-0.39, 0.29) is 11.7 Å². The van der Waals surface area contributed by atoms with Crippen molar-refractivity contribution in [1.29, 1.82) is 0 Å². The first-order valence-corrected chi connectivity index (χ1v) is 7.66. The van der Waals surface area contributed by atoms with Crippen LogP contribution < -0.4 is 4.74 Å². The number of fused-ring (bicyclic) bond motifs is 4. The summed E-state index contributed by atoms with van der Waals surface area (Å²) in [4.78, 5) is 0. The van der Waals surface area contributed by atoms with E-state index in [9.17, 15) is 5.11 Å². The van der Waals surface area contributed by atoms with Gasteiger partial charge in [0.2, 0.25) is 0 Å². The van der Waals surface area contributed by atoms with Gasteiger partial charge in [-0.25, -0.2) is 0 Å². The monoisotopic (exact) mass is 340 g/mol. The van der Waals surface area contributed by atoms with Crippen LogP contribution in [0.1, 0.15) is 24.0 Å². The number of hydrogen-bond donors (Lipinski definition) is 1. The van der Waals surface area contributed by atoms with Gasteiger partial charge >= 0.3 is 0 Å². The molecule has 1 atom stereocenters. The lowest BCUT2D eigenvalue weighted by Crippen LogP contribution is -2.07. The Hall–Kier alpha value is -2.00. The van der Waals surface area contributed by atoms with Crippen LogP contribution in [0.2, 0.25) is 0 Å². The Kier molecular flexibility index (Phi) is 2.73. The van der Waals surface area contributed by atoms with Gasteiger partial charge in [-0.3, -0.25) is 0 Å². The van der Waals surface area contributed by atoms with Gasteiger partial charge in [0.15, 0.2) is 0 Å². The maximum atomic E-state index is 9.63. The quantitative estimate of drug-likeness (QED) is 0.580. The standard InChI is InChI=1S/C18H13BrO2/c1-10-14-5-2-11-8-13(20)4-6-15(11)18(14)21-17-7-3-12(19)9-16(10)17/h2-10,20H,1H3. The fourth-order valence-corrected chi connectivity index (χ4v) is 3.37. The van der Waals surface area contributed by atoms with Gasteiger partial charge in [-0.05, 0) is 41.8 Å². The SMILES string of the molecule is CC1c2cc(Br)ccc2Oc2c1ccc1cc(O)ccc21. The van der Waals surface area contributed by atoms with Crippen molar-refractivity contribution in [2.45, 2.75) is 12.8 Å². The average molecular weight is 341 g/mol. The molecule has 1 unspecified atom stereocenters. The Labute approximate surface area is 131 Å². The summed E-state index contributed by atoms with van der Waals surface area (Å²) in [6, 6.07) is 15.6. The van der Waals surface area contributed by atoms with Crippen molar-refractivity contribution < 1.29 is 9.84 Å². The van der Waals surface area contributed by atoms with E-state index < -0.39 is 0 Å². The molecule has 0 radical (unpaired) electrons. The Morgan fingerprint density at radius 1 is 1.00 bits per heavy atom. The molecule has 1 heterocycles. The number of phenols is 1. The highest BCUT2D eigenvalue weighted by molar-refractivity contribution is 9.10. The van der Waals surface area contributed by atoms with Crippen molar-refractivity contribution in [3.05, 3.63) is 64.1 Å². The van der Waals surface area contributed by atoms with Crippen LogP contribution in [0.5, 0.6) is 17.2 Å². The zero-order valence-electron chi connectivity index (χ0n) is 11.4. The first-order chi connectivity index (χ1) is 10.1. The van der Waals surface area contributed by atoms with Crippen LogP contribution in [-0.2, 0) is 0 Å². The van der Waals surface area contributed by atoms with Crippen molar-refractivity contribution in [3.63, 3.8) is 0 Å². The van der Waals surface area contributed by atoms with Crippen LogP contribution in [0.4, 0.5) is 0 Å². The summed E-state index contributed by atoms with van der Waals surface area (Å²) in [7, 11) is 0. The number of aromatic hydroxyl groups is 1. The minimum atomic E-state index is 0.274. The highest BCUT2D eigenvalue weighted by atomic mass is 79.9. The molecule has 104 valence electrons. The molecule has 0 fully saturated rings. The normalized spacial score (nSPS) is 16.2. The molecule has 3 heteroatoms. The van der Waals surface area contributed by atoms with Crippen molar-refractivity contribution >= 4 is 26.7 Å². The first kappa shape index (κ1) is 12.7. The molecule has 3 aromatic rings. The molecule has 1 aliphatic rings. The van der Waals surface area contributed by atoms with Gasteiger partial charge in [0.05, 0.1) is 0 Å². The van der Waals surface area contributed by atoms with Gasteiger partial charge in [0, 0.05) is 26.9 Å². The highest BCUT2D eigenvalue weighted by Gasteiger charge is 2.25. The van der Waals surface area contributed by atoms with Gasteiger partial charge in [0.25, 0.3) is 0 Å². The van der Waals surface area contributed by atoms with Crippen molar-refractivity contribution in [2.75, 3.05) is 0 Å². The molecule has 0 aromatic heterocycles. The number of rotatable bonds is 0. The number of phenolic OH excluding ortho intramolecular Hbond substituents is 1. The van der Waals surface area contributed by atoms with Crippen LogP contribution in [0.15, 0.2) is 53.0 Å². The lowest BCUT2D eigenvalue weighted by Gasteiger charge is -2.27. The second-order valence-electron chi connectivity index (χ2n) is 5.40. The molecule has 0 aliphatic carbocycles. The van der Waals surface area contributed by atoms with Gasteiger partial charge < -0.3 is 9.84 Å². The molecule has 21 heavy (non-hydrogen) atoms. The smallest absolute Gasteiger partial charge is 0.139 e. The van der Waals surface area contributed by atoms with Crippen molar-refractivity contribution in [2.24, 2.45) is 0 Å². The molecule has 0 bridgehead atoms. The second kappa shape index (κ2) is 4.50. The molecule has 0 spiro atoms. The highest BCUT2D eigenvalue weighted by Crippen LogP contribution is 2.47. The van der Waals surface area contributed by atoms with Crippen molar-refractivity contribution in [3.8, 4) is 17.2 Å². The Morgan fingerprint density at radius 3 is 2.71 bits per heavy atom. The molecular weight excluding hydrogens is 328 g/mol. The molecule has 3 aromatic carbocycles. The molecule has 0 saturated heterocycles. The van der Waals surface area contributed by atoms with E-state index in [4.69, 9.17) is 4.74 Å². The Morgan fingerprint density at radius 2 is 1.86 bits per heavy atom. The molecular formula is C18H13BrO2. The Bertz CT molecular complexity index is 870. The van der Waals surface area contributed by atoms with Crippen LogP contribution >= 0.6 is 15.9 Å². The predicted octanol–water partition coefficient (Wildman–Crippen LogP) is 5.57. The summed E-state index contributed by atoms with van der Waals surface area (Å²) in [6.45, 7) is 2.19. The minimum Gasteiger partial charge on any atom is -0.508 e. The van der Waals surface area contributed by atoms with Gasteiger partial charge in [-0.1, -0.05) is 35.0 Å². The van der Waals surface area contributed by atoms with Gasteiger partial charge in [-0.15, -0.1) is 0 Å². The third-order valence-electron chi connectivity index (χ3n) is 4.10. The largest absolute Gasteiger partial charge is 0.508 e. The molecule has 0 amide bonds. The fraction of sp³-hybridized carbons (Fsp3) is 0.111. The van der Waals surface area contributed by atoms with Crippen molar-refractivity contribution in [1.82, 2.24) is 0 Å². The summed E-state index contributed by atoms with van der Waals surface area (Å²) in [5.41, 5.74) is 2.37. The zero-order valence-corrected chi connectivity index (χ0v) is 13.0. The summed E-state index contributed by atoms with van der Waals surface area (Å²) < 4.78 is 7.21. The predicted molar refractivity (Wildman–Crippen MR) is 87.3 cm³/mol. The number of hydrogen-bond acceptors (Lipinski definition) is 2. The summed E-state index contributed by atoms with van der Waals surface area (Å²) in [6.07, 6.45) is 0. The third-order valence-corrected chi connectivity index (χ3v) is 4.59. The maximum Gasteiger partial charge on any atom is 0.139 e. The lowest BCUT2D eigenvalue weighted by atomic mass is 9.88. The van der Waals surface area contributed by atoms with E-state index in [0.29, 0.717) is 0 Å². The minimum absolute atomic E-state index is 0.274. The second-order valence-corrected chi connectivity index (χ2v) is 6.31. The number of benzene rings is 3. The van der Waals surface area contributed by atoms with Gasteiger partial charge in [-0.2, -0.15) is 0 Å². The van der Waals surface area contributed by atoms with Crippen LogP contribution in [-0.4, -0.2) is 5.11 Å². The van der Waals surface area contributed by atoms with E-state index in [1.54, 1.807) is 12.1 Å². The summed E-state index contributed by atoms with van der Waals surface area (Å²) >= 11 is 3.52. The summed E-state index contributed by atoms with van der Waals surface area (Å²) in [5, 5.41) is 11.6. The fourth-order valence-electron chi connectivity index (χ4n) is 2.99. The molecule has 4 rings (SSSR count). The van der Waals surface area contributed by atoms with Gasteiger partial charge in [0.1, 0.15) is 17.2 Å². The third kappa shape index (κ3) is 1.92. The van der Waals surface area contributed by atoms with Crippen LogP contribution in [0.3, 0.4) is 0 Å². The molecule has 1 aliphatic heterocycles. The zero-order chi connectivity index (χ0) is 14.6. The molecule has 1 N–H and O–H groups in total. The van der Waals surface area contributed by atoms with Crippen LogP contribution in [0.25, 0.3) is 10.8 Å². The maximum absolute atomic E-state index is 9.63. The van der Waals surface area contributed by atoms with Crippen LogP contribution in [0, 0.1) is 0 Å². The van der Waals surface area contributed by atoms with E-state index in [2.05, 4.69) is 35.0 Å². The Balaban J connectivity index is 1.98. The number of ether oxygens (including phenoxy) is 1. The number of halogens is 1. The summed E-state index contributed by atoms with van der Waals surface area (Å²) in [5.74, 6) is 2.35. The average Bonchev–Trinajstić information content (AvgIpc) is 2.47. The van der Waals surface area contributed by atoms with E-state index in [1.807, 2.05) is 24.3 Å². The molecule has 0 saturated carbocycles. The first-order valence-electron chi connectivity index (χ1n) is 6.86. The van der Waals surface area contributed by atoms with E-state index >= 15 is 0 Å². The molecule has 2 nitrogen and oxygen atoms in total.